The van der Waals surface area contributed by atoms with E-state index in [9.17, 15) is 9.59 Å². The monoisotopic (exact) mass is 272 g/mol. The van der Waals surface area contributed by atoms with E-state index in [2.05, 4.69) is 5.32 Å². The zero-order valence-electron chi connectivity index (χ0n) is 11.3. The van der Waals surface area contributed by atoms with Crippen LogP contribution in [0.1, 0.15) is 35.2 Å². The summed E-state index contributed by atoms with van der Waals surface area (Å²) in [5.74, 6) is 0.229. The first-order valence-electron chi connectivity index (χ1n) is 6.42. The summed E-state index contributed by atoms with van der Waals surface area (Å²) < 4.78 is 5.23. The van der Waals surface area contributed by atoms with Crippen LogP contribution in [0.2, 0.25) is 0 Å². The second-order valence-corrected chi connectivity index (χ2v) is 5.01. The van der Waals surface area contributed by atoms with E-state index in [0.29, 0.717) is 11.3 Å². The van der Waals surface area contributed by atoms with Gasteiger partial charge >= 0.3 is 0 Å². The molecular formula is C15H16N2O3. The van der Waals surface area contributed by atoms with E-state index in [-0.39, 0.29) is 17.7 Å². The van der Waals surface area contributed by atoms with Crippen molar-refractivity contribution in [3.63, 3.8) is 0 Å². The number of rotatable bonds is 7. The molecule has 0 unspecified atom stereocenters. The molecule has 0 aromatic heterocycles. The van der Waals surface area contributed by atoms with Gasteiger partial charge < -0.3 is 10.1 Å². The molecule has 0 saturated heterocycles. The van der Waals surface area contributed by atoms with Crippen LogP contribution in [0.25, 0.3) is 0 Å². The van der Waals surface area contributed by atoms with Gasteiger partial charge in [-0.2, -0.15) is 5.26 Å². The molecule has 0 heterocycles. The van der Waals surface area contributed by atoms with Crippen LogP contribution >= 0.6 is 0 Å². The number of hydrogen-bond acceptors (Lipinski definition) is 4. The van der Waals surface area contributed by atoms with Crippen molar-refractivity contribution in [1.29, 1.82) is 5.26 Å². The molecule has 1 amide bonds. The van der Waals surface area contributed by atoms with Crippen molar-refractivity contribution in [3.8, 4) is 11.8 Å². The highest BCUT2D eigenvalue weighted by molar-refractivity contribution is 5.99. The molecule has 1 aromatic rings. The lowest BCUT2D eigenvalue weighted by Crippen LogP contribution is -2.32. The van der Waals surface area contributed by atoms with E-state index in [1.807, 2.05) is 12.1 Å². The fourth-order valence-electron chi connectivity index (χ4n) is 2.28. The number of hydrogen-bond donors (Lipinski definition) is 1. The highest BCUT2D eigenvalue weighted by atomic mass is 16.5. The van der Waals surface area contributed by atoms with Crippen LogP contribution in [0.4, 0.5) is 0 Å². The standard InChI is InChI=1S/C15H16N2O3/c1-20-14-8-11(9-15(5-6-15)17-10-18)2-3-12(14)13(19)4-7-16/h2-3,8,10H,4-6,9H2,1H3,(H,17,18). The van der Waals surface area contributed by atoms with Crippen molar-refractivity contribution < 1.29 is 14.3 Å². The number of nitriles is 1. The smallest absolute Gasteiger partial charge is 0.207 e. The van der Waals surface area contributed by atoms with Crippen molar-refractivity contribution in [3.05, 3.63) is 29.3 Å². The Bertz CT molecular complexity index is 571. The highest BCUT2D eigenvalue weighted by Gasteiger charge is 2.42. The number of carbonyl (C=O) groups is 2. The second kappa shape index (κ2) is 5.74. The predicted molar refractivity (Wildman–Crippen MR) is 72.4 cm³/mol. The molecule has 1 aliphatic rings. The average Bonchev–Trinajstić information content (AvgIpc) is 3.18. The Morgan fingerprint density at radius 1 is 1.55 bits per heavy atom. The van der Waals surface area contributed by atoms with E-state index in [1.165, 1.54) is 7.11 Å². The number of methoxy groups -OCH3 is 1. The molecule has 1 aromatic carbocycles. The van der Waals surface area contributed by atoms with Crippen molar-refractivity contribution in [1.82, 2.24) is 5.32 Å². The fraction of sp³-hybridized carbons (Fsp3) is 0.400. The lowest BCUT2D eigenvalue weighted by Gasteiger charge is -2.15. The van der Waals surface area contributed by atoms with E-state index in [4.69, 9.17) is 10.00 Å². The van der Waals surface area contributed by atoms with E-state index >= 15 is 0 Å². The van der Waals surface area contributed by atoms with Gasteiger partial charge in [-0.15, -0.1) is 0 Å². The maximum atomic E-state index is 11.8. The number of carbonyl (C=O) groups excluding carboxylic acids is 2. The number of benzene rings is 1. The second-order valence-electron chi connectivity index (χ2n) is 5.01. The molecule has 0 atom stereocenters. The summed E-state index contributed by atoms with van der Waals surface area (Å²) in [4.78, 5) is 22.4. The minimum absolute atomic E-state index is 0.134. The largest absolute Gasteiger partial charge is 0.496 e. The van der Waals surface area contributed by atoms with Crippen molar-refractivity contribution >= 4 is 12.2 Å². The summed E-state index contributed by atoms with van der Waals surface area (Å²) in [6.45, 7) is 0. The number of amides is 1. The topological polar surface area (TPSA) is 79.2 Å². The van der Waals surface area contributed by atoms with Gasteiger partial charge in [-0.3, -0.25) is 9.59 Å². The molecule has 0 radical (unpaired) electrons. The first-order valence-corrected chi connectivity index (χ1v) is 6.42. The molecule has 20 heavy (non-hydrogen) atoms. The van der Waals surface area contributed by atoms with Gasteiger partial charge in [-0.05, 0) is 37.0 Å². The molecule has 1 fully saturated rings. The van der Waals surface area contributed by atoms with Crippen LogP contribution in [-0.2, 0) is 11.2 Å². The van der Waals surface area contributed by atoms with Gasteiger partial charge in [0, 0.05) is 5.54 Å². The van der Waals surface area contributed by atoms with Crippen molar-refractivity contribution in [2.75, 3.05) is 7.11 Å². The number of ether oxygens (including phenoxy) is 1. The highest BCUT2D eigenvalue weighted by Crippen LogP contribution is 2.39. The molecular weight excluding hydrogens is 256 g/mol. The minimum atomic E-state index is -0.247. The van der Waals surface area contributed by atoms with Crippen LogP contribution in [-0.4, -0.2) is 24.8 Å². The summed E-state index contributed by atoms with van der Waals surface area (Å²) in [7, 11) is 1.50. The van der Waals surface area contributed by atoms with Gasteiger partial charge in [0.25, 0.3) is 0 Å². The Hall–Kier alpha value is -2.35. The Morgan fingerprint density at radius 2 is 2.30 bits per heavy atom. The Kier molecular flexibility index (Phi) is 4.04. The third kappa shape index (κ3) is 2.97. The number of ketones is 1. The van der Waals surface area contributed by atoms with E-state index < -0.39 is 0 Å². The molecule has 0 aliphatic heterocycles. The third-order valence-corrected chi connectivity index (χ3v) is 3.57. The lowest BCUT2D eigenvalue weighted by atomic mass is 9.99. The van der Waals surface area contributed by atoms with Gasteiger partial charge in [-0.1, -0.05) is 6.07 Å². The molecule has 2 rings (SSSR count). The van der Waals surface area contributed by atoms with Gasteiger partial charge in [0.05, 0.1) is 25.2 Å². The lowest BCUT2D eigenvalue weighted by molar-refractivity contribution is -0.110. The first-order chi connectivity index (χ1) is 9.64. The molecule has 1 saturated carbocycles. The summed E-state index contributed by atoms with van der Waals surface area (Å²) >= 11 is 0. The van der Waals surface area contributed by atoms with Crippen molar-refractivity contribution in [2.24, 2.45) is 0 Å². The SMILES string of the molecule is COc1cc(CC2(NC=O)CC2)ccc1C(=O)CC#N. The average molecular weight is 272 g/mol. The van der Waals surface area contributed by atoms with Crippen LogP contribution in [0.3, 0.4) is 0 Å². The van der Waals surface area contributed by atoms with Crippen LogP contribution < -0.4 is 10.1 Å². The van der Waals surface area contributed by atoms with Crippen molar-refractivity contribution in [2.45, 2.75) is 31.2 Å². The van der Waals surface area contributed by atoms with Gasteiger partial charge in [0.15, 0.2) is 5.78 Å². The van der Waals surface area contributed by atoms with E-state index in [1.54, 1.807) is 12.1 Å². The molecule has 104 valence electrons. The zero-order valence-corrected chi connectivity index (χ0v) is 11.3. The first kappa shape index (κ1) is 14.1. The van der Waals surface area contributed by atoms with Gasteiger partial charge in [-0.25, -0.2) is 0 Å². The van der Waals surface area contributed by atoms with Gasteiger partial charge in [0.2, 0.25) is 6.41 Å². The molecule has 5 heteroatoms. The summed E-state index contributed by atoms with van der Waals surface area (Å²) in [5.41, 5.74) is 1.29. The summed E-state index contributed by atoms with van der Waals surface area (Å²) in [6, 6.07) is 7.18. The van der Waals surface area contributed by atoms with Crippen LogP contribution in [0.15, 0.2) is 18.2 Å². The number of nitrogens with zero attached hydrogens (tertiary/aromatic N) is 1. The maximum absolute atomic E-state index is 11.8. The zero-order chi connectivity index (χ0) is 14.6. The van der Waals surface area contributed by atoms with E-state index in [0.717, 1.165) is 31.2 Å². The fourth-order valence-corrected chi connectivity index (χ4v) is 2.28. The molecule has 1 aliphatic carbocycles. The molecule has 5 nitrogen and oxygen atoms in total. The Balaban J connectivity index is 2.19. The molecule has 0 spiro atoms. The molecule has 0 bridgehead atoms. The Morgan fingerprint density at radius 3 is 2.85 bits per heavy atom. The van der Waals surface area contributed by atoms with Gasteiger partial charge in [0.1, 0.15) is 5.75 Å². The number of Topliss-reactive ketones (excluding diaryl/α,β-unsaturated/α-hetero) is 1. The number of nitrogens with one attached hydrogen (secondary N) is 1. The van der Waals surface area contributed by atoms with Crippen LogP contribution in [0, 0.1) is 11.3 Å². The minimum Gasteiger partial charge on any atom is -0.496 e. The quantitative estimate of drug-likeness (QED) is 0.604. The third-order valence-electron chi connectivity index (χ3n) is 3.57. The summed E-state index contributed by atoms with van der Waals surface area (Å²) in [5, 5.41) is 11.4. The summed E-state index contributed by atoms with van der Waals surface area (Å²) in [6.07, 6.45) is 3.21. The predicted octanol–water partition coefficient (Wildman–Crippen LogP) is 1.61. The maximum Gasteiger partial charge on any atom is 0.207 e. The molecule has 1 N–H and O–H groups in total. The van der Waals surface area contributed by atoms with Crippen LogP contribution in [0.5, 0.6) is 5.75 Å². The Labute approximate surface area is 117 Å². The normalized spacial score (nSPS) is 15.0.